The Morgan fingerprint density at radius 2 is 1.29 bits per heavy atom. The van der Waals surface area contributed by atoms with Crippen molar-refractivity contribution in [2.45, 2.75) is 70.8 Å². The summed E-state index contributed by atoms with van der Waals surface area (Å²) >= 11 is 0. The van der Waals surface area contributed by atoms with Gasteiger partial charge in [0.25, 0.3) is 0 Å². The first-order valence-corrected chi connectivity index (χ1v) is 10.2. The van der Waals surface area contributed by atoms with Gasteiger partial charge in [0.2, 0.25) is 0 Å². The van der Waals surface area contributed by atoms with Gasteiger partial charge in [-0.25, -0.2) is 0 Å². The quantitative estimate of drug-likeness (QED) is 0.295. The molecule has 2 N–H and O–H groups in total. The molecule has 0 saturated carbocycles. The van der Waals surface area contributed by atoms with Crippen molar-refractivity contribution >= 4 is 11.9 Å². The van der Waals surface area contributed by atoms with Gasteiger partial charge in [0, 0.05) is 12.8 Å². The highest BCUT2D eigenvalue weighted by atomic mass is 16.5. The summed E-state index contributed by atoms with van der Waals surface area (Å²) in [6.07, 6.45) is 9.36. The Bertz CT molecular complexity index is 604. The van der Waals surface area contributed by atoms with Crippen molar-refractivity contribution in [3.63, 3.8) is 0 Å². The van der Waals surface area contributed by atoms with Crippen LogP contribution in [0.15, 0.2) is 30.3 Å². The molecule has 0 bridgehead atoms. The molecule has 0 spiro atoms. The second-order valence-corrected chi connectivity index (χ2v) is 6.69. The van der Waals surface area contributed by atoms with Crippen molar-refractivity contribution in [3.05, 3.63) is 35.9 Å². The highest BCUT2D eigenvalue weighted by molar-refractivity contribution is 5.69. The van der Waals surface area contributed by atoms with Crippen LogP contribution in [0.5, 0.6) is 0 Å². The minimum absolute atomic E-state index is 0.121. The van der Waals surface area contributed by atoms with Crippen molar-refractivity contribution in [2.24, 2.45) is 5.73 Å². The highest BCUT2D eigenvalue weighted by Crippen LogP contribution is 2.11. The van der Waals surface area contributed by atoms with Crippen LogP contribution in [0.1, 0.15) is 69.8 Å². The van der Waals surface area contributed by atoms with Gasteiger partial charge in [0.15, 0.2) is 6.61 Å². The zero-order valence-corrected chi connectivity index (χ0v) is 16.8. The molecular formula is C23H33NO4. The monoisotopic (exact) mass is 387 g/mol. The van der Waals surface area contributed by atoms with Gasteiger partial charge in [0.1, 0.15) is 6.61 Å². The number of unbranched alkanes of at least 4 members (excludes halogenated alkanes) is 7. The molecular weight excluding hydrogens is 354 g/mol. The molecule has 0 fully saturated rings. The SMILES string of the molecule is NCC#CCOC(=O)CCCCCCCCCCC(=O)OCc1ccccc1. The largest absolute Gasteiger partial charge is 0.461 e. The lowest BCUT2D eigenvalue weighted by Gasteiger charge is -2.05. The Labute approximate surface area is 169 Å². The van der Waals surface area contributed by atoms with Crippen LogP contribution in [0.3, 0.4) is 0 Å². The zero-order chi connectivity index (χ0) is 20.3. The van der Waals surface area contributed by atoms with E-state index < -0.39 is 0 Å². The normalized spacial score (nSPS) is 10.0. The summed E-state index contributed by atoms with van der Waals surface area (Å²) in [6, 6.07) is 9.73. The van der Waals surface area contributed by atoms with E-state index in [1.54, 1.807) is 0 Å². The molecule has 1 aromatic rings. The number of carbonyl (C=O) groups excluding carboxylic acids is 2. The number of carbonyl (C=O) groups is 2. The van der Waals surface area contributed by atoms with Crippen molar-refractivity contribution in [2.75, 3.05) is 13.2 Å². The van der Waals surface area contributed by atoms with Gasteiger partial charge >= 0.3 is 11.9 Å². The van der Waals surface area contributed by atoms with Crippen LogP contribution < -0.4 is 5.73 Å². The molecule has 154 valence electrons. The third-order valence-corrected chi connectivity index (χ3v) is 4.29. The molecule has 0 heterocycles. The topological polar surface area (TPSA) is 78.6 Å². The standard InChI is InChI=1S/C23H33NO4/c24-18-12-13-19-27-22(25)16-10-5-3-1-2-4-6-11-17-23(26)28-20-21-14-8-7-9-15-21/h7-9,14-15H,1-6,10-11,16-20,24H2. The molecule has 0 amide bonds. The van der Waals surface area contributed by atoms with Crippen LogP contribution in [-0.2, 0) is 25.7 Å². The van der Waals surface area contributed by atoms with E-state index in [4.69, 9.17) is 15.2 Å². The average molecular weight is 388 g/mol. The van der Waals surface area contributed by atoms with Crippen LogP contribution in [0.25, 0.3) is 0 Å². The minimum Gasteiger partial charge on any atom is -0.461 e. The van der Waals surface area contributed by atoms with E-state index in [-0.39, 0.29) is 25.1 Å². The number of esters is 2. The van der Waals surface area contributed by atoms with E-state index in [0.717, 1.165) is 56.9 Å². The van der Waals surface area contributed by atoms with E-state index in [1.165, 1.54) is 0 Å². The van der Waals surface area contributed by atoms with Gasteiger partial charge in [-0.05, 0) is 18.4 Å². The maximum atomic E-state index is 11.7. The second-order valence-electron chi connectivity index (χ2n) is 6.69. The molecule has 0 aromatic heterocycles. The number of hydrogen-bond donors (Lipinski definition) is 1. The smallest absolute Gasteiger partial charge is 0.306 e. The van der Waals surface area contributed by atoms with Gasteiger partial charge in [-0.1, -0.05) is 80.7 Å². The summed E-state index contributed by atoms with van der Waals surface area (Å²) in [7, 11) is 0. The van der Waals surface area contributed by atoms with E-state index in [2.05, 4.69) is 11.8 Å². The number of hydrogen-bond acceptors (Lipinski definition) is 5. The first kappa shape index (κ1) is 23.7. The first-order valence-electron chi connectivity index (χ1n) is 10.2. The van der Waals surface area contributed by atoms with Crippen LogP contribution in [0.2, 0.25) is 0 Å². The van der Waals surface area contributed by atoms with E-state index in [0.29, 0.717) is 19.4 Å². The molecule has 0 aliphatic heterocycles. The third kappa shape index (κ3) is 13.8. The summed E-state index contributed by atoms with van der Waals surface area (Å²) in [6.45, 7) is 0.778. The molecule has 0 atom stereocenters. The lowest BCUT2D eigenvalue weighted by molar-refractivity contribution is -0.145. The summed E-state index contributed by atoms with van der Waals surface area (Å²) in [5, 5.41) is 0. The maximum absolute atomic E-state index is 11.7. The van der Waals surface area contributed by atoms with Crippen molar-refractivity contribution in [1.29, 1.82) is 0 Å². The summed E-state index contributed by atoms with van der Waals surface area (Å²) in [4.78, 5) is 23.1. The van der Waals surface area contributed by atoms with E-state index in [9.17, 15) is 9.59 Å². The van der Waals surface area contributed by atoms with Crippen LogP contribution in [-0.4, -0.2) is 25.1 Å². The Morgan fingerprint density at radius 3 is 1.86 bits per heavy atom. The minimum atomic E-state index is -0.189. The Kier molecular flexibility index (Phi) is 14.3. The Morgan fingerprint density at radius 1 is 0.750 bits per heavy atom. The van der Waals surface area contributed by atoms with Gasteiger partial charge < -0.3 is 15.2 Å². The van der Waals surface area contributed by atoms with Crippen LogP contribution in [0.4, 0.5) is 0 Å². The average Bonchev–Trinajstić information content (AvgIpc) is 2.72. The number of benzene rings is 1. The summed E-state index contributed by atoms with van der Waals surface area (Å²) in [5.74, 6) is 5.02. The molecule has 1 aromatic carbocycles. The fourth-order valence-corrected chi connectivity index (χ4v) is 2.72. The van der Waals surface area contributed by atoms with Gasteiger partial charge in [-0.2, -0.15) is 0 Å². The van der Waals surface area contributed by atoms with Crippen LogP contribution in [0, 0.1) is 11.8 Å². The molecule has 0 radical (unpaired) electrons. The van der Waals surface area contributed by atoms with Crippen molar-refractivity contribution in [3.8, 4) is 11.8 Å². The van der Waals surface area contributed by atoms with Gasteiger partial charge in [-0.3, -0.25) is 9.59 Å². The number of rotatable bonds is 14. The molecule has 0 saturated heterocycles. The number of ether oxygens (including phenoxy) is 2. The predicted molar refractivity (Wildman–Crippen MR) is 110 cm³/mol. The van der Waals surface area contributed by atoms with E-state index >= 15 is 0 Å². The number of nitrogens with two attached hydrogens (primary N) is 1. The first-order chi connectivity index (χ1) is 13.7. The second kappa shape index (κ2) is 16.8. The van der Waals surface area contributed by atoms with Gasteiger partial charge in [0.05, 0.1) is 6.54 Å². The summed E-state index contributed by atoms with van der Waals surface area (Å²) in [5.41, 5.74) is 6.24. The molecule has 28 heavy (non-hydrogen) atoms. The third-order valence-electron chi connectivity index (χ3n) is 4.29. The van der Waals surface area contributed by atoms with Crippen molar-refractivity contribution < 1.29 is 19.1 Å². The highest BCUT2D eigenvalue weighted by Gasteiger charge is 2.04. The van der Waals surface area contributed by atoms with Crippen LogP contribution >= 0.6 is 0 Å². The molecule has 0 unspecified atom stereocenters. The zero-order valence-electron chi connectivity index (χ0n) is 16.8. The molecule has 5 nitrogen and oxygen atoms in total. The predicted octanol–water partition coefficient (Wildman–Crippen LogP) is 4.14. The summed E-state index contributed by atoms with van der Waals surface area (Å²) < 4.78 is 10.2. The molecule has 1 rings (SSSR count). The lowest BCUT2D eigenvalue weighted by Crippen LogP contribution is -2.04. The molecule has 5 heteroatoms. The van der Waals surface area contributed by atoms with Gasteiger partial charge in [-0.15, -0.1) is 0 Å². The Hall–Kier alpha value is -2.32. The molecule has 0 aliphatic rings. The fraction of sp³-hybridized carbons (Fsp3) is 0.565. The Balaban J connectivity index is 1.85. The maximum Gasteiger partial charge on any atom is 0.306 e. The lowest BCUT2D eigenvalue weighted by atomic mass is 10.1. The van der Waals surface area contributed by atoms with Crippen molar-refractivity contribution in [1.82, 2.24) is 0 Å². The van der Waals surface area contributed by atoms with E-state index in [1.807, 2.05) is 30.3 Å². The molecule has 0 aliphatic carbocycles. The fourth-order valence-electron chi connectivity index (χ4n) is 2.72.